The van der Waals surface area contributed by atoms with Gasteiger partial charge in [0.1, 0.15) is 11.3 Å². The van der Waals surface area contributed by atoms with Gasteiger partial charge in [0.2, 0.25) is 0 Å². The molecule has 1 heterocycles. The summed E-state index contributed by atoms with van der Waals surface area (Å²) in [6, 6.07) is 6.25. The summed E-state index contributed by atoms with van der Waals surface area (Å²) in [5.41, 5.74) is 6.35. The maximum absolute atomic E-state index is 11.5. The zero-order chi connectivity index (χ0) is 13.1. The third-order valence-corrected chi connectivity index (χ3v) is 2.76. The minimum atomic E-state index is -0.413. The molecule has 0 unspecified atom stereocenters. The van der Waals surface area contributed by atoms with Crippen molar-refractivity contribution >= 4 is 11.0 Å². The Kier molecular flexibility index (Phi) is 3.64. The summed E-state index contributed by atoms with van der Waals surface area (Å²) >= 11 is 0. The lowest BCUT2D eigenvalue weighted by atomic mass is 10.1. The number of likely N-dealkylation sites (N-methyl/N-ethyl adjacent to an activating group) is 1. The number of aromatic hydroxyl groups is 1. The molecule has 2 aromatic rings. The molecular formula is C13H16N2O3. The van der Waals surface area contributed by atoms with E-state index >= 15 is 0 Å². The Balaban J connectivity index is 2.46. The number of phenols is 1. The zero-order valence-electron chi connectivity index (χ0n) is 10.2. The van der Waals surface area contributed by atoms with Crippen molar-refractivity contribution in [1.29, 1.82) is 0 Å². The Bertz CT molecular complexity index is 607. The standard InChI is InChI=1S/C13H16N2O3/c1-15(5-4-14)8-9-6-13(17)18-12-7-10(16)2-3-11(9)12/h2-3,6-7,16H,4-5,8,14H2,1H3. The first-order valence-corrected chi connectivity index (χ1v) is 5.74. The molecule has 0 saturated carbocycles. The van der Waals surface area contributed by atoms with Crippen molar-refractivity contribution in [2.45, 2.75) is 6.54 Å². The van der Waals surface area contributed by atoms with Crippen LogP contribution in [0.15, 0.2) is 33.5 Å². The van der Waals surface area contributed by atoms with Crippen LogP contribution in [0.3, 0.4) is 0 Å². The molecule has 5 nitrogen and oxygen atoms in total. The smallest absolute Gasteiger partial charge is 0.336 e. The van der Waals surface area contributed by atoms with Crippen molar-refractivity contribution in [3.05, 3.63) is 40.2 Å². The van der Waals surface area contributed by atoms with Gasteiger partial charge in [-0.15, -0.1) is 0 Å². The predicted molar refractivity (Wildman–Crippen MR) is 69.5 cm³/mol. The Hall–Kier alpha value is -1.85. The summed E-state index contributed by atoms with van der Waals surface area (Å²) in [4.78, 5) is 13.5. The summed E-state index contributed by atoms with van der Waals surface area (Å²) in [6.45, 7) is 1.93. The first-order valence-electron chi connectivity index (χ1n) is 5.74. The van der Waals surface area contributed by atoms with Crippen LogP contribution in [-0.2, 0) is 6.54 Å². The molecule has 0 fully saturated rings. The van der Waals surface area contributed by atoms with Gasteiger partial charge in [-0.3, -0.25) is 0 Å². The number of benzene rings is 1. The van der Waals surface area contributed by atoms with E-state index in [0.717, 1.165) is 17.5 Å². The van der Waals surface area contributed by atoms with Crippen molar-refractivity contribution in [3.63, 3.8) is 0 Å². The molecule has 0 radical (unpaired) electrons. The molecule has 1 aromatic carbocycles. The second-order valence-corrected chi connectivity index (χ2v) is 4.30. The van der Waals surface area contributed by atoms with Gasteiger partial charge >= 0.3 is 5.63 Å². The highest BCUT2D eigenvalue weighted by atomic mass is 16.4. The maximum atomic E-state index is 11.5. The van der Waals surface area contributed by atoms with Crippen LogP contribution in [0.1, 0.15) is 5.56 Å². The number of nitrogens with zero attached hydrogens (tertiary/aromatic N) is 1. The number of nitrogens with two attached hydrogens (primary N) is 1. The molecule has 0 aliphatic rings. The van der Waals surface area contributed by atoms with Crippen molar-refractivity contribution in [3.8, 4) is 5.75 Å². The van der Waals surface area contributed by atoms with Gasteiger partial charge in [0.15, 0.2) is 0 Å². The monoisotopic (exact) mass is 248 g/mol. The van der Waals surface area contributed by atoms with Crippen LogP contribution in [0.2, 0.25) is 0 Å². The van der Waals surface area contributed by atoms with E-state index < -0.39 is 5.63 Å². The van der Waals surface area contributed by atoms with Crippen LogP contribution in [0.5, 0.6) is 5.75 Å². The maximum Gasteiger partial charge on any atom is 0.336 e. The van der Waals surface area contributed by atoms with E-state index in [1.807, 2.05) is 11.9 Å². The van der Waals surface area contributed by atoms with E-state index in [0.29, 0.717) is 18.7 Å². The highest BCUT2D eigenvalue weighted by Gasteiger charge is 2.08. The van der Waals surface area contributed by atoms with Crippen LogP contribution >= 0.6 is 0 Å². The quantitative estimate of drug-likeness (QED) is 0.785. The molecular weight excluding hydrogens is 232 g/mol. The fourth-order valence-corrected chi connectivity index (χ4v) is 1.94. The van der Waals surface area contributed by atoms with E-state index in [9.17, 15) is 9.90 Å². The van der Waals surface area contributed by atoms with E-state index in [1.165, 1.54) is 12.1 Å². The number of hydrogen-bond acceptors (Lipinski definition) is 5. The van der Waals surface area contributed by atoms with Gasteiger partial charge < -0.3 is 20.2 Å². The zero-order valence-corrected chi connectivity index (χ0v) is 10.2. The first-order chi connectivity index (χ1) is 8.60. The van der Waals surface area contributed by atoms with Gasteiger partial charge in [0, 0.05) is 37.2 Å². The van der Waals surface area contributed by atoms with Crippen LogP contribution in [0, 0.1) is 0 Å². The van der Waals surface area contributed by atoms with Crippen molar-refractivity contribution < 1.29 is 9.52 Å². The minimum Gasteiger partial charge on any atom is -0.508 e. The number of rotatable bonds is 4. The third-order valence-electron chi connectivity index (χ3n) is 2.76. The van der Waals surface area contributed by atoms with Crippen LogP contribution in [0.4, 0.5) is 0 Å². The molecule has 0 atom stereocenters. The van der Waals surface area contributed by atoms with Crippen LogP contribution < -0.4 is 11.4 Å². The second kappa shape index (κ2) is 5.20. The fraction of sp³-hybridized carbons (Fsp3) is 0.308. The van der Waals surface area contributed by atoms with Crippen LogP contribution in [-0.4, -0.2) is 30.1 Å². The molecule has 5 heteroatoms. The molecule has 0 aliphatic carbocycles. The highest BCUT2D eigenvalue weighted by molar-refractivity contribution is 5.81. The first kappa shape index (κ1) is 12.6. The molecule has 0 amide bonds. The molecule has 18 heavy (non-hydrogen) atoms. The van der Waals surface area contributed by atoms with E-state index in [-0.39, 0.29) is 5.75 Å². The topological polar surface area (TPSA) is 79.7 Å². The molecule has 0 spiro atoms. The van der Waals surface area contributed by atoms with Gasteiger partial charge in [-0.25, -0.2) is 4.79 Å². The van der Waals surface area contributed by atoms with Crippen molar-refractivity contribution in [2.75, 3.05) is 20.1 Å². The highest BCUT2D eigenvalue weighted by Crippen LogP contribution is 2.22. The lowest BCUT2D eigenvalue weighted by Crippen LogP contribution is -2.25. The average molecular weight is 248 g/mol. The predicted octanol–water partition coefficient (Wildman–Crippen LogP) is 0.889. The molecule has 3 N–H and O–H groups in total. The lowest BCUT2D eigenvalue weighted by Gasteiger charge is -2.16. The third kappa shape index (κ3) is 2.69. The van der Waals surface area contributed by atoms with Gasteiger partial charge in [-0.05, 0) is 24.7 Å². The largest absolute Gasteiger partial charge is 0.508 e. The molecule has 0 aliphatic heterocycles. The van der Waals surface area contributed by atoms with Crippen molar-refractivity contribution in [2.24, 2.45) is 5.73 Å². The summed E-state index contributed by atoms with van der Waals surface area (Å²) in [6.07, 6.45) is 0. The fourth-order valence-electron chi connectivity index (χ4n) is 1.94. The molecule has 1 aromatic heterocycles. The molecule has 96 valence electrons. The Morgan fingerprint density at radius 3 is 2.89 bits per heavy atom. The summed E-state index contributed by atoms with van der Waals surface area (Å²) in [5.74, 6) is 0.0816. The molecule has 0 saturated heterocycles. The lowest BCUT2D eigenvalue weighted by molar-refractivity contribution is 0.336. The average Bonchev–Trinajstić information content (AvgIpc) is 2.28. The Morgan fingerprint density at radius 2 is 2.17 bits per heavy atom. The number of hydrogen-bond donors (Lipinski definition) is 2. The van der Waals surface area contributed by atoms with Gasteiger partial charge in [-0.1, -0.05) is 0 Å². The SMILES string of the molecule is CN(CCN)Cc1cc(=O)oc2cc(O)ccc12. The van der Waals surface area contributed by atoms with Gasteiger partial charge in [0.05, 0.1) is 0 Å². The van der Waals surface area contributed by atoms with Gasteiger partial charge in [0.25, 0.3) is 0 Å². The van der Waals surface area contributed by atoms with Crippen molar-refractivity contribution in [1.82, 2.24) is 4.90 Å². The Labute approximate surface area is 104 Å². The van der Waals surface area contributed by atoms with Crippen LogP contribution in [0.25, 0.3) is 11.0 Å². The number of phenolic OH excluding ortho intramolecular Hbond substituents is 1. The molecule has 2 rings (SSSR count). The van der Waals surface area contributed by atoms with E-state index in [2.05, 4.69) is 0 Å². The normalized spacial score (nSPS) is 11.3. The van der Waals surface area contributed by atoms with E-state index in [4.69, 9.17) is 10.2 Å². The number of fused-ring (bicyclic) bond motifs is 1. The summed E-state index contributed by atoms with van der Waals surface area (Å²) in [5, 5.41) is 10.2. The summed E-state index contributed by atoms with van der Waals surface area (Å²) < 4.78 is 5.07. The van der Waals surface area contributed by atoms with E-state index in [1.54, 1.807) is 12.1 Å². The molecule has 0 bridgehead atoms. The Morgan fingerprint density at radius 1 is 1.39 bits per heavy atom. The van der Waals surface area contributed by atoms with Gasteiger partial charge in [-0.2, -0.15) is 0 Å². The second-order valence-electron chi connectivity index (χ2n) is 4.30. The minimum absolute atomic E-state index is 0.0816. The summed E-state index contributed by atoms with van der Waals surface area (Å²) in [7, 11) is 1.94.